The molecule has 2 heterocycles. The van der Waals surface area contributed by atoms with E-state index < -0.39 is 7.26 Å². The fraction of sp³-hybridized carbons (Fsp3) is 0.267. The molecule has 0 aliphatic carbocycles. The molecule has 0 aromatic heterocycles. The molecular formula is C30H33N2O3P. The number of ether oxygens (including phenoxy) is 1. The molecule has 2 atom stereocenters. The van der Waals surface area contributed by atoms with Gasteiger partial charge in [-0.05, 0) is 0 Å². The van der Waals surface area contributed by atoms with Crippen LogP contribution >= 0.6 is 7.26 Å². The van der Waals surface area contributed by atoms with Gasteiger partial charge in [0.25, 0.3) is 0 Å². The van der Waals surface area contributed by atoms with Gasteiger partial charge in [-0.1, -0.05) is 0 Å². The summed E-state index contributed by atoms with van der Waals surface area (Å²) in [6.07, 6.45) is 2.82. The zero-order valence-corrected chi connectivity index (χ0v) is 21.5. The monoisotopic (exact) mass is 500 g/mol. The molecule has 5 nitrogen and oxygen atoms in total. The van der Waals surface area contributed by atoms with Crippen LogP contribution in [0.4, 0.5) is 4.79 Å². The Labute approximate surface area is 213 Å². The summed E-state index contributed by atoms with van der Waals surface area (Å²) in [5, 5.41) is 3.76. The first-order valence-corrected chi connectivity index (χ1v) is 14.7. The molecule has 2 aliphatic rings. The molecule has 6 heteroatoms. The quantitative estimate of drug-likeness (QED) is 0.367. The van der Waals surface area contributed by atoms with Gasteiger partial charge < -0.3 is 0 Å². The molecule has 0 radical (unpaired) electrons. The van der Waals surface area contributed by atoms with Crippen molar-refractivity contribution in [2.75, 3.05) is 26.2 Å². The van der Waals surface area contributed by atoms with E-state index in [2.05, 4.69) is 79.4 Å². The first-order valence-electron chi connectivity index (χ1n) is 12.7. The van der Waals surface area contributed by atoms with E-state index in [1.807, 2.05) is 23.1 Å². The van der Waals surface area contributed by atoms with E-state index in [-0.39, 0.29) is 30.3 Å². The molecule has 2 saturated heterocycles. The molecule has 0 saturated carbocycles. The van der Waals surface area contributed by atoms with Crippen molar-refractivity contribution in [1.29, 1.82) is 0 Å². The van der Waals surface area contributed by atoms with Gasteiger partial charge in [-0.3, -0.25) is 0 Å². The van der Waals surface area contributed by atoms with Crippen LogP contribution in [0.15, 0.2) is 104 Å². The third kappa shape index (κ3) is 4.33. The van der Waals surface area contributed by atoms with Gasteiger partial charge in [0.15, 0.2) is 0 Å². The molecule has 0 spiro atoms. The molecule has 0 bridgehead atoms. The zero-order valence-electron chi connectivity index (χ0n) is 20.5. The molecule has 36 heavy (non-hydrogen) atoms. The van der Waals surface area contributed by atoms with Gasteiger partial charge in [0.2, 0.25) is 0 Å². The number of hydrogen-bond acceptors (Lipinski definition) is 3. The normalized spacial score (nSPS) is 20.4. The maximum atomic E-state index is 14.3. The van der Waals surface area contributed by atoms with Crippen molar-refractivity contribution in [3.8, 4) is 0 Å². The predicted octanol–water partition coefficient (Wildman–Crippen LogP) is 3.71. The molecule has 0 N–H and O–H groups in total. The molecule has 2 aliphatic heterocycles. The van der Waals surface area contributed by atoms with Gasteiger partial charge in [-0.2, -0.15) is 0 Å². The van der Waals surface area contributed by atoms with Crippen LogP contribution in [0.25, 0.3) is 0 Å². The van der Waals surface area contributed by atoms with Gasteiger partial charge in [0.1, 0.15) is 0 Å². The average molecular weight is 501 g/mol. The summed E-state index contributed by atoms with van der Waals surface area (Å²) in [6.45, 7) is 5.64. The van der Waals surface area contributed by atoms with Crippen LogP contribution < -0.4 is 15.9 Å². The Bertz CT molecular complexity index is 1110. The second-order valence-electron chi connectivity index (χ2n) is 9.53. The summed E-state index contributed by atoms with van der Waals surface area (Å²) in [6, 6.07) is 31.9. The Morgan fingerprint density at radius 1 is 0.861 bits per heavy atom. The van der Waals surface area contributed by atoms with Crippen LogP contribution in [0.3, 0.4) is 0 Å². The SMILES string of the molecule is C=CCOC(=O)N1CCC(N2CC[C@@H]([PH](c3ccccc3)(c3ccccc3)c3ccccc3)C2=O)C1. The van der Waals surface area contributed by atoms with E-state index in [1.54, 1.807) is 11.0 Å². The Balaban J connectivity index is 1.53. The summed E-state index contributed by atoms with van der Waals surface area (Å²) >= 11 is 0. The number of hydrogen-bond donors (Lipinski definition) is 0. The Hall–Kier alpha value is -3.43. The Kier molecular flexibility index (Phi) is 7.20. The number of amides is 2. The molecule has 2 fully saturated rings. The summed E-state index contributed by atoms with van der Waals surface area (Å²) in [4.78, 5) is 30.5. The fourth-order valence-corrected chi connectivity index (χ4v) is 11.5. The topological polar surface area (TPSA) is 49.9 Å². The van der Waals surface area contributed by atoms with E-state index in [1.165, 1.54) is 15.9 Å². The van der Waals surface area contributed by atoms with Gasteiger partial charge in [0, 0.05) is 0 Å². The van der Waals surface area contributed by atoms with Crippen molar-refractivity contribution in [2.45, 2.75) is 24.5 Å². The van der Waals surface area contributed by atoms with Gasteiger partial charge in [0.05, 0.1) is 0 Å². The number of benzene rings is 3. The minimum absolute atomic E-state index is 0.0211. The maximum absolute atomic E-state index is 14.3. The number of likely N-dealkylation sites (tertiary alicyclic amines) is 2. The number of carbonyl (C=O) groups excluding carboxylic acids is 2. The van der Waals surface area contributed by atoms with E-state index in [4.69, 9.17) is 4.74 Å². The fourth-order valence-electron chi connectivity index (χ4n) is 6.06. The number of rotatable bonds is 7. The zero-order chi connectivity index (χ0) is 25.0. The first kappa shape index (κ1) is 24.3. The standard InChI is InChI=1S/C30H33N2O3P/c1-2-22-35-30(34)31-20-18-24(23-31)32-21-19-28(29(32)33)36(25-12-6-3-7-13-25,26-14-8-4-9-15-26)27-16-10-5-11-17-27/h2-17,24,28,36H,1,18-23H2/t24?,28-/m1/s1. The van der Waals surface area contributed by atoms with Crippen molar-refractivity contribution >= 4 is 35.2 Å². The van der Waals surface area contributed by atoms with Crippen LogP contribution in [-0.2, 0) is 9.53 Å². The van der Waals surface area contributed by atoms with Crippen LogP contribution in [0.5, 0.6) is 0 Å². The third-order valence-electron chi connectivity index (χ3n) is 7.64. The molecule has 186 valence electrons. The minimum atomic E-state index is -2.71. The molecule has 2 amide bonds. The number of nitrogens with zero attached hydrogens (tertiary/aromatic N) is 2. The molecule has 3 aromatic rings. The first-order chi connectivity index (χ1) is 17.7. The van der Waals surface area contributed by atoms with Gasteiger partial charge in [-0.15, -0.1) is 0 Å². The second-order valence-corrected chi connectivity index (χ2v) is 13.6. The molecule has 1 unspecified atom stereocenters. The number of carbonyl (C=O) groups is 2. The van der Waals surface area contributed by atoms with Crippen molar-refractivity contribution in [1.82, 2.24) is 9.80 Å². The van der Waals surface area contributed by atoms with Gasteiger partial charge in [-0.25, -0.2) is 0 Å². The van der Waals surface area contributed by atoms with Crippen molar-refractivity contribution in [2.24, 2.45) is 0 Å². The summed E-state index contributed by atoms with van der Waals surface area (Å²) in [5.74, 6) is 0.213. The van der Waals surface area contributed by atoms with Gasteiger partial charge >= 0.3 is 214 Å². The average Bonchev–Trinajstić information content (AvgIpc) is 3.57. The Morgan fingerprint density at radius 2 is 1.39 bits per heavy atom. The van der Waals surface area contributed by atoms with E-state index in [0.717, 1.165) is 12.8 Å². The van der Waals surface area contributed by atoms with Crippen molar-refractivity contribution in [3.63, 3.8) is 0 Å². The predicted molar refractivity (Wildman–Crippen MR) is 148 cm³/mol. The summed E-state index contributed by atoms with van der Waals surface area (Å²) < 4.78 is 5.23. The van der Waals surface area contributed by atoms with Crippen molar-refractivity contribution < 1.29 is 14.3 Å². The van der Waals surface area contributed by atoms with Crippen LogP contribution in [0.1, 0.15) is 12.8 Å². The third-order valence-corrected chi connectivity index (χ3v) is 13.0. The van der Waals surface area contributed by atoms with Crippen LogP contribution in [0.2, 0.25) is 0 Å². The van der Waals surface area contributed by atoms with E-state index in [9.17, 15) is 9.59 Å². The summed E-state index contributed by atoms with van der Waals surface area (Å²) in [5.41, 5.74) is -0.119. The van der Waals surface area contributed by atoms with Crippen LogP contribution in [0, 0.1) is 0 Å². The van der Waals surface area contributed by atoms with Crippen molar-refractivity contribution in [3.05, 3.63) is 104 Å². The van der Waals surface area contributed by atoms with Crippen LogP contribution in [-0.4, -0.2) is 59.7 Å². The second kappa shape index (κ2) is 10.7. The molecule has 5 rings (SSSR count). The van der Waals surface area contributed by atoms with E-state index in [0.29, 0.717) is 19.6 Å². The van der Waals surface area contributed by atoms with E-state index >= 15 is 0 Å². The molecule has 3 aromatic carbocycles. The Morgan fingerprint density at radius 3 is 1.89 bits per heavy atom. The summed E-state index contributed by atoms with van der Waals surface area (Å²) in [7, 11) is -2.71. The molecular weight excluding hydrogens is 467 g/mol.